The van der Waals surface area contributed by atoms with Gasteiger partial charge in [-0.05, 0) is 72.4 Å². The first kappa shape index (κ1) is 25.8. The van der Waals surface area contributed by atoms with Crippen LogP contribution >= 0.6 is 43.6 Å². The lowest BCUT2D eigenvalue weighted by molar-refractivity contribution is -0.147. The number of allylic oxidation sites excluding steroid dienone is 1. The number of ketones is 1. The number of carbonyl (C=O) groups excluding carboxylic acids is 2. The lowest BCUT2D eigenvalue weighted by Gasteiger charge is -2.53. The van der Waals surface area contributed by atoms with Crippen LogP contribution in [0.3, 0.4) is 0 Å². The molecule has 1 aliphatic carbocycles. The molecule has 1 amide bonds. The van der Waals surface area contributed by atoms with Crippen LogP contribution in [0.2, 0.25) is 0 Å². The summed E-state index contributed by atoms with van der Waals surface area (Å²) in [6.45, 7) is 2.27. The summed E-state index contributed by atoms with van der Waals surface area (Å²) in [5.74, 6) is 1.66. The number of hydrogen-bond acceptors (Lipinski definition) is 4. The number of Topliss-reactive ketones (excluding diaryl/α,β-unsaturated/α-hetero) is 1. The van der Waals surface area contributed by atoms with Crippen molar-refractivity contribution in [3.05, 3.63) is 104 Å². The molecule has 7 rings (SSSR count). The summed E-state index contributed by atoms with van der Waals surface area (Å²) in [6, 6.07) is 24.6. The van der Waals surface area contributed by atoms with Gasteiger partial charge in [0.1, 0.15) is 5.54 Å². The van der Waals surface area contributed by atoms with Gasteiger partial charge in [-0.2, -0.15) is 0 Å². The number of nitrogens with zero attached hydrogens (tertiary/aromatic N) is 1. The standard InChI is InChI=1S/C32H28Br2N2O2S/c1-30(22-10-14-24(34)15-11-22)27-18-39-19-36(27)32(25-6-2-3-7-26(25)35-29(32)38)31(30)16-4-5-21(28(31)37)17-20-8-12-23(33)13-9-20/h2-3,6-15,17,27H,4-5,16,18-19H2,1H3,(H,35,38)/b21-17+/t27?,30-,31+,32-/m0/s1. The first-order valence-electron chi connectivity index (χ1n) is 13.4. The number of nitrogens with one attached hydrogen (secondary N) is 1. The smallest absolute Gasteiger partial charge is 0.250 e. The van der Waals surface area contributed by atoms with Crippen LogP contribution in [0.15, 0.2) is 87.3 Å². The molecule has 2 saturated heterocycles. The molecule has 3 aliphatic heterocycles. The van der Waals surface area contributed by atoms with Gasteiger partial charge in [0, 0.05) is 43.3 Å². The third-order valence-electron chi connectivity index (χ3n) is 9.71. The molecule has 2 spiro atoms. The number of halogens is 2. The zero-order valence-corrected chi connectivity index (χ0v) is 25.5. The highest BCUT2D eigenvalue weighted by atomic mass is 79.9. The zero-order valence-electron chi connectivity index (χ0n) is 21.5. The molecule has 0 aromatic heterocycles. The molecule has 1 saturated carbocycles. The first-order chi connectivity index (χ1) is 18.8. The lowest BCUT2D eigenvalue weighted by atomic mass is 9.47. The fourth-order valence-corrected chi connectivity index (χ4v) is 10.1. The fourth-order valence-electron chi connectivity index (χ4n) is 8.13. The molecular weight excluding hydrogens is 636 g/mol. The van der Waals surface area contributed by atoms with Crippen LogP contribution in [0.4, 0.5) is 5.69 Å². The van der Waals surface area contributed by atoms with E-state index in [1.54, 1.807) is 0 Å². The quantitative estimate of drug-likeness (QED) is 0.288. The Morgan fingerprint density at radius 1 is 0.974 bits per heavy atom. The van der Waals surface area contributed by atoms with Crippen molar-refractivity contribution in [1.82, 2.24) is 4.90 Å². The van der Waals surface area contributed by atoms with E-state index in [9.17, 15) is 4.79 Å². The Bertz CT molecular complexity index is 1540. The summed E-state index contributed by atoms with van der Waals surface area (Å²) in [5, 5.41) is 3.23. The summed E-state index contributed by atoms with van der Waals surface area (Å²) in [4.78, 5) is 32.3. The van der Waals surface area contributed by atoms with Crippen LogP contribution in [0.5, 0.6) is 0 Å². The Kier molecular flexibility index (Phi) is 6.05. The van der Waals surface area contributed by atoms with Crippen molar-refractivity contribution in [2.75, 3.05) is 16.9 Å². The van der Waals surface area contributed by atoms with Crippen molar-refractivity contribution >= 4 is 67.1 Å². The van der Waals surface area contributed by atoms with E-state index >= 15 is 4.79 Å². The summed E-state index contributed by atoms with van der Waals surface area (Å²) in [7, 11) is 0. The molecule has 0 bridgehead atoms. The van der Waals surface area contributed by atoms with Gasteiger partial charge in [-0.3, -0.25) is 14.5 Å². The first-order valence-corrected chi connectivity index (χ1v) is 16.1. The number of anilines is 1. The van der Waals surface area contributed by atoms with Crippen LogP contribution in [-0.2, 0) is 20.5 Å². The van der Waals surface area contributed by atoms with E-state index in [4.69, 9.17) is 0 Å². The van der Waals surface area contributed by atoms with E-state index in [1.165, 1.54) is 0 Å². The fraction of sp³-hybridized carbons (Fsp3) is 0.312. The Balaban J connectivity index is 1.54. The van der Waals surface area contributed by atoms with Gasteiger partial charge in [-0.1, -0.05) is 81.2 Å². The van der Waals surface area contributed by atoms with E-state index in [2.05, 4.69) is 85.4 Å². The molecule has 3 fully saturated rings. The van der Waals surface area contributed by atoms with E-state index in [0.29, 0.717) is 12.8 Å². The second-order valence-corrected chi connectivity index (χ2v) is 14.0. The summed E-state index contributed by atoms with van der Waals surface area (Å²) in [6.07, 6.45) is 4.29. The van der Waals surface area contributed by atoms with Crippen molar-refractivity contribution in [2.24, 2.45) is 5.41 Å². The third kappa shape index (κ3) is 3.27. The van der Waals surface area contributed by atoms with Gasteiger partial charge < -0.3 is 5.32 Å². The molecule has 39 heavy (non-hydrogen) atoms. The van der Waals surface area contributed by atoms with Gasteiger partial charge in [0.2, 0.25) is 0 Å². The number of hydrogen-bond donors (Lipinski definition) is 1. The predicted octanol–water partition coefficient (Wildman–Crippen LogP) is 7.53. The minimum atomic E-state index is -1.07. The maximum atomic E-state index is 15.3. The van der Waals surface area contributed by atoms with Gasteiger partial charge in [-0.25, -0.2) is 0 Å². The van der Waals surface area contributed by atoms with Crippen LogP contribution in [0, 0.1) is 5.41 Å². The summed E-state index contributed by atoms with van der Waals surface area (Å²) >= 11 is 9.00. The van der Waals surface area contributed by atoms with Crippen LogP contribution < -0.4 is 5.32 Å². The molecule has 0 radical (unpaired) electrons. The molecule has 1 N–H and O–H groups in total. The molecule has 4 aliphatic rings. The van der Waals surface area contributed by atoms with Gasteiger partial charge in [0.25, 0.3) is 5.91 Å². The van der Waals surface area contributed by atoms with E-state index < -0.39 is 16.4 Å². The SMILES string of the molecule is C[C@]1(c2ccc(Br)cc2)C2CSCN2[C@@]2(C(=O)Nc3ccccc32)[C@@]12CCC/C(=C\c1ccc(Br)cc1)C2=O. The second-order valence-electron chi connectivity index (χ2n) is 11.2. The van der Waals surface area contributed by atoms with Crippen molar-refractivity contribution < 1.29 is 9.59 Å². The highest BCUT2D eigenvalue weighted by Crippen LogP contribution is 2.72. The molecule has 3 heterocycles. The Labute approximate surface area is 249 Å². The average molecular weight is 664 g/mol. The van der Waals surface area contributed by atoms with Crippen molar-refractivity contribution in [3.63, 3.8) is 0 Å². The van der Waals surface area contributed by atoms with E-state index in [0.717, 1.165) is 54.9 Å². The van der Waals surface area contributed by atoms with Gasteiger partial charge in [-0.15, -0.1) is 11.8 Å². The highest BCUT2D eigenvalue weighted by Gasteiger charge is 2.82. The molecule has 4 nitrogen and oxygen atoms in total. The second kappa shape index (κ2) is 9.16. The van der Waals surface area contributed by atoms with Crippen LogP contribution in [0.25, 0.3) is 6.08 Å². The zero-order chi connectivity index (χ0) is 27.0. The summed E-state index contributed by atoms with van der Waals surface area (Å²) in [5.41, 5.74) is 2.10. The molecule has 3 aromatic rings. The normalized spacial score (nSPS) is 32.7. The number of para-hydroxylation sites is 1. The Morgan fingerprint density at radius 3 is 2.41 bits per heavy atom. The molecule has 198 valence electrons. The van der Waals surface area contributed by atoms with Crippen molar-refractivity contribution in [2.45, 2.75) is 43.2 Å². The number of rotatable bonds is 2. The Hall–Kier alpha value is -2.19. The van der Waals surface area contributed by atoms with Crippen LogP contribution in [-0.4, -0.2) is 34.3 Å². The van der Waals surface area contributed by atoms with Crippen LogP contribution in [0.1, 0.15) is 42.9 Å². The molecular formula is C32H28Br2N2O2S. The minimum Gasteiger partial charge on any atom is -0.324 e. The molecule has 4 atom stereocenters. The number of carbonyl (C=O) groups is 2. The summed E-state index contributed by atoms with van der Waals surface area (Å²) < 4.78 is 2.01. The topological polar surface area (TPSA) is 49.4 Å². The predicted molar refractivity (Wildman–Crippen MR) is 165 cm³/mol. The van der Waals surface area contributed by atoms with Crippen molar-refractivity contribution in [1.29, 1.82) is 0 Å². The molecule has 1 unspecified atom stereocenters. The maximum absolute atomic E-state index is 15.3. The number of fused-ring (bicyclic) bond motifs is 5. The third-order valence-corrected chi connectivity index (χ3v) is 11.8. The van der Waals surface area contributed by atoms with Gasteiger partial charge >= 0.3 is 0 Å². The van der Waals surface area contributed by atoms with Gasteiger partial charge in [0.15, 0.2) is 5.78 Å². The monoisotopic (exact) mass is 662 g/mol. The Morgan fingerprint density at radius 2 is 1.67 bits per heavy atom. The number of benzene rings is 3. The van der Waals surface area contributed by atoms with E-state index in [1.807, 2.05) is 54.2 Å². The highest BCUT2D eigenvalue weighted by molar-refractivity contribution is 9.10. The minimum absolute atomic E-state index is 0.0385. The van der Waals surface area contributed by atoms with Gasteiger partial charge in [0.05, 0.1) is 5.41 Å². The molecule has 3 aromatic carbocycles. The molecule has 7 heteroatoms. The van der Waals surface area contributed by atoms with Crippen molar-refractivity contribution in [3.8, 4) is 0 Å². The maximum Gasteiger partial charge on any atom is 0.250 e. The number of amides is 1. The number of thioether (sulfide) groups is 1. The van der Waals surface area contributed by atoms with E-state index in [-0.39, 0.29) is 17.7 Å². The average Bonchev–Trinajstić information content (AvgIpc) is 3.58. The largest absolute Gasteiger partial charge is 0.324 e. The lowest BCUT2D eigenvalue weighted by Crippen LogP contribution is -2.63.